The van der Waals surface area contributed by atoms with Gasteiger partial charge in [0.05, 0.1) is 57.1 Å². The van der Waals surface area contributed by atoms with E-state index < -0.39 is 17.5 Å². The number of amides is 2. The van der Waals surface area contributed by atoms with E-state index in [0.29, 0.717) is 57.8 Å². The summed E-state index contributed by atoms with van der Waals surface area (Å²) in [5.74, 6) is -0.558. The summed E-state index contributed by atoms with van der Waals surface area (Å²) in [6.45, 7) is 8.61. The standard InChI is InChI=1S/C34H41Cl2F3N6O3/c1-33(2,3)31(47)40-13-18-9-24(35)29(25(36)10-18)43-32-42-26-11-23(30(46)41-22-7-5-21(6-8-22)34(37,38)39)27(12-28(26)44(32)4)45-14-19-16-48-17-20(19)15-45/h9-12,19-22H,5-8,13-17H2,1-4H3,(H,40,47)(H,41,46)(H,42,43)/t19-,20+,21?,22?. The van der Waals surface area contributed by atoms with E-state index in [4.69, 9.17) is 32.9 Å². The number of carbonyl (C=O) groups excluding carboxylic acids is 2. The van der Waals surface area contributed by atoms with Crippen LogP contribution < -0.4 is 20.9 Å². The first-order chi connectivity index (χ1) is 22.6. The van der Waals surface area contributed by atoms with E-state index in [2.05, 4.69) is 20.9 Å². The highest BCUT2D eigenvalue weighted by atomic mass is 35.5. The number of aromatic nitrogens is 2. The molecule has 0 bridgehead atoms. The molecule has 1 saturated carbocycles. The molecule has 3 aliphatic rings. The lowest BCUT2D eigenvalue weighted by Gasteiger charge is -2.31. The van der Waals surface area contributed by atoms with Crippen molar-refractivity contribution in [1.29, 1.82) is 0 Å². The molecular formula is C34H41Cl2F3N6O3. The van der Waals surface area contributed by atoms with E-state index in [1.54, 1.807) is 18.2 Å². The minimum absolute atomic E-state index is 0.00273. The summed E-state index contributed by atoms with van der Waals surface area (Å²) in [4.78, 5) is 33.1. The fourth-order valence-corrected chi connectivity index (χ4v) is 7.53. The highest BCUT2D eigenvalue weighted by molar-refractivity contribution is 6.39. The van der Waals surface area contributed by atoms with Crippen molar-refractivity contribution in [2.45, 2.75) is 65.2 Å². The van der Waals surface area contributed by atoms with Crippen LogP contribution in [0.15, 0.2) is 24.3 Å². The third-order valence-electron chi connectivity index (χ3n) is 9.82. The van der Waals surface area contributed by atoms with E-state index >= 15 is 0 Å². The predicted octanol–water partition coefficient (Wildman–Crippen LogP) is 7.22. The normalized spacial score (nSPS) is 23.0. The van der Waals surface area contributed by atoms with E-state index in [-0.39, 0.29) is 50.1 Å². The molecule has 2 atom stereocenters. The first kappa shape index (κ1) is 34.6. The number of hydrogen-bond donors (Lipinski definition) is 3. The minimum atomic E-state index is -4.21. The number of fused-ring (bicyclic) bond motifs is 2. The van der Waals surface area contributed by atoms with Gasteiger partial charge in [-0.25, -0.2) is 4.98 Å². The number of alkyl halides is 3. The lowest BCUT2D eigenvalue weighted by molar-refractivity contribution is -0.182. The number of ether oxygens (including phenoxy) is 1. The number of hydrogen-bond acceptors (Lipinski definition) is 6. The summed E-state index contributed by atoms with van der Waals surface area (Å²) in [7, 11) is 1.85. The molecule has 9 nitrogen and oxygen atoms in total. The molecule has 0 radical (unpaired) electrons. The molecule has 2 amide bonds. The first-order valence-corrected chi connectivity index (χ1v) is 17.1. The second-order valence-electron chi connectivity index (χ2n) is 14.4. The van der Waals surface area contributed by atoms with E-state index in [9.17, 15) is 22.8 Å². The van der Waals surface area contributed by atoms with Gasteiger partial charge in [-0.15, -0.1) is 0 Å². The highest BCUT2D eigenvalue weighted by Crippen LogP contribution is 2.40. The Kier molecular flexibility index (Phi) is 9.56. The van der Waals surface area contributed by atoms with Crippen molar-refractivity contribution >= 4 is 63.4 Å². The van der Waals surface area contributed by atoms with Crippen LogP contribution in [0.3, 0.4) is 0 Å². The first-order valence-electron chi connectivity index (χ1n) is 16.3. The van der Waals surface area contributed by atoms with Crippen molar-refractivity contribution in [1.82, 2.24) is 20.2 Å². The van der Waals surface area contributed by atoms with Gasteiger partial charge in [0.2, 0.25) is 11.9 Å². The van der Waals surface area contributed by atoms with Crippen LogP contribution in [0.2, 0.25) is 10.0 Å². The van der Waals surface area contributed by atoms with Crippen LogP contribution in [0.25, 0.3) is 11.0 Å². The molecule has 3 heterocycles. The number of carbonyl (C=O) groups is 2. The van der Waals surface area contributed by atoms with Gasteiger partial charge in [-0.05, 0) is 55.5 Å². The summed E-state index contributed by atoms with van der Waals surface area (Å²) < 4.78 is 47.3. The van der Waals surface area contributed by atoms with Crippen molar-refractivity contribution < 1.29 is 27.5 Å². The Morgan fingerprint density at radius 1 is 0.979 bits per heavy atom. The summed E-state index contributed by atoms with van der Waals surface area (Å²) in [5, 5.41) is 9.86. The number of rotatable bonds is 7. The van der Waals surface area contributed by atoms with Crippen molar-refractivity contribution in [3.63, 3.8) is 0 Å². The van der Waals surface area contributed by atoms with Crippen LogP contribution in [0.4, 0.5) is 30.5 Å². The molecule has 6 rings (SSSR count). The Bertz CT molecular complexity index is 1680. The van der Waals surface area contributed by atoms with Gasteiger partial charge in [0.15, 0.2) is 0 Å². The third-order valence-corrected chi connectivity index (χ3v) is 10.4. The Labute approximate surface area is 287 Å². The van der Waals surface area contributed by atoms with Crippen molar-refractivity contribution in [2.24, 2.45) is 30.2 Å². The molecule has 260 valence electrons. The molecule has 0 unspecified atom stereocenters. The number of aryl methyl sites for hydroxylation is 1. The summed E-state index contributed by atoms with van der Waals surface area (Å²) in [6.07, 6.45) is -3.65. The maximum atomic E-state index is 13.8. The number of imidazole rings is 1. The average Bonchev–Trinajstić information content (AvgIpc) is 3.70. The van der Waals surface area contributed by atoms with Crippen molar-refractivity contribution in [3.8, 4) is 0 Å². The van der Waals surface area contributed by atoms with Gasteiger partial charge in [0, 0.05) is 50.0 Å². The monoisotopic (exact) mass is 708 g/mol. The van der Waals surface area contributed by atoms with Crippen molar-refractivity contribution in [3.05, 3.63) is 45.4 Å². The van der Waals surface area contributed by atoms with Gasteiger partial charge in [-0.3, -0.25) is 9.59 Å². The zero-order chi connectivity index (χ0) is 34.5. The van der Waals surface area contributed by atoms with E-state index in [1.807, 2.05) is 38.5 Å². The molecule has 2 aliphatic heterocycles. The molecule has 0 spiro atoms. The smallest absolute Gasteiger partial charge is 0.381 e. The topological polar surface area (TPSA) is 101 Å². The molecule has 3 fully saturated rings. The van der Waals surface area contributed by atoms with Gasteiger partial charge in [0.1, 0.15) is 0 Å². The lowest BCUT2D eigenvalue weighted by atomic mass is 9.85. The van der Waals surface area contributed by atoms with E-state index in [1.165, 1.54) is 0 Å². The molecule has 2 saturated heterocycles. The molecule has 1 aromatic heterocycles. The van der Waals surface area contributed by atoms with Gasteiger partial charge in [-0.1, -0.05) is 44.0 Å². The minimum Gasteiger partial charge on any atom is -0.381 e. The van der Waals surface area contributed by atoms with Gasteiger partial charge in [-0.2, -0.15) is 13.2 Å². The summed E-state index contributed by atoms with van der Waals surface area (Å²) in [5.41, 5.74) is 3.18. The second-order valence-corrected chi connectivity index (χ2v) is 15.2. The Morgan fingerprint density at radius 2 is 1.60 bits per heavy atom. The fourth-order valence-electron chi connectivity index (χ4n) is 6.90. The average molecular weight is 710 g/mol. The number of halogens is 5. The Hall–Kier alpha value is -3.22. The van der Waals surface area contributed by atoms with Crippen LogP contribution in [-0.2, 0) is 23.1 Å². The van der Waals surface area contributed by atoms with Gasteiger partial charge >= 0.3 is 6.18 Å². The highest BCUT2D eigenvalue weighted by Gasteiger charge is 2.42. The molecule has 2 aromatic carbocycles. The number of nitrogens with zero attached hydrogens (tertiary/aromatic N) is 3. The molecule has 3 aromatic rings. The van der Waals surface area contributed by atoms with Crippen LogP contribution in [0.5, 0.6) is 0 Å². The van der Waals surface area contributed by atoms with Crippen LogP contribution >= 0.6 is 23.2 Å². The van der Waals surface area contributed by atoms with Gasteiger partial charge < -0.3 is 30.2 Å². The van der Waals surface area contributed by atoms with Gasteiger partial charge in [0.25, 0.3) is 5.91 Å². The zero-order valence-corrected chi connectivity index (χ0v) is 29.0. The van der Waals surface area contributed by atoms with Crippen LogP contribution in [0, 0.1) is 23.2 Å². The maximum Gasteiger partial charge on any atom is 0.391 e. The van der Waals surface area contributed by atoms with E-state index in [0.717, 1.165) is 29.9 Å². The SMILES string of the molecule is Cn1c(Nc2c(Cl)cc(CNC(=O)C(C)(C)C)cc2Cl)nc2cc(C(=O)NC3CCC(C(F)(F)F)CC3)c(N3C[C@H]4COC[C@H]4C3)cc21. The Morgan fingerprint density at radius 3 is 2.19 bits per heavy atom. The fraction of sp³-hybridized carbons (Fsp3) is 0.559. The van der Waals surface area contributed by atoms with Crippen LogP contribution in [-0.4, -0.2) is 59.9 Å². The van der Waals surface area contributed by atoms with Crippen molar-refractivity contribution in [2.75, 3.05) is 36.5 Å². The molecule has 3 N–H and O–H groups in total. The Balaban J connectivity index is 1.26. The molecule has 48 heavy (non-hydrogen) atoms. The molecular weight excluding hydrogens is 668 g/mol. The predicted molar refractivity (Wildman–Crippen MR) is 181 cm³/mol. The molecule has 14 heteroatoms. The molecule has 1 aliphatic carbocycles. The maximum absolute atomic E-state index is 13.8. The number of anilines is 3. The zero-order valence-electron chi connectivity index (χ0n) is 27.4. The lowest BCUT2D eigenvalue weighted by Crippen LogP contribution is -2.40. The number of nitrogens with one attached hydrogen (secondary N) is 3. The quantitative estimate of drug-likeness (QED) is 0.240. The second kappa shape index (κ2) is 13.2. The third kappa shape index (κ3) is 7.21. The number of benzene rings is 2. The largest absolute Gasteiger partial charge is 0.391 e. The summed E-state index contributed by atoms with van der Waals surface area (Å²) in [6, 6.07) is 6.84. The summed E-state index contributed by atoms with van der Waals surface area (Å²) >= 11 is 13.3. The van der Waals surface area contributed by atoms with Crippen LogP contribution in [0.1, 0.15) is 62.4 Å².